The van der Waals surface area contributed by atoms with Crippen LogP contribution in [0.4, 0.5) is 0 Å². The highest BCUT2D eigenvalue weighted by Gasteiger charge is 2.31. The maximum Gasteiger partial charge on any atom is 0.335 e. The summed E-state index contributed by atoms with van der Waals surface area (Å²) < 4.78 is 16.3. The molecule has 0 radical (unpaired) electrons. The number of hydrogen-bond donors (Lipinski definition) is 1. The fourth-order valence-corrected chi connectivity index (χ4v) is 3.41. The van der Waals surface area contributed by atoms with Crippen LogP contribution in [-0.4, -0.2) is 49.4 Å². The molecule has 6 nitrogen and oxygen atoms in total. The molecule has 3 rings (SSSR count). The van der Waals surface area contributed by atoms with Crippen LogP contribution in [0.1, 0.15) is 51.4 Å². The highest BCUT2D eigenvalue weighted by Crippen LogP contribution is 2.24. The van der Waals surface area contributed by atoms with Crippen LogP contribution in [-0.2, 0) is 23.8 Å². The SMILES string of the molecule is O=C(NC1CCC(OC(=O)C2CCCO2)CC1)C1CCCO1. The molecule has 2 saturated heterocycles. The van der Waals surface area contributed by atoms with Gasteiger partial charge < -0.3 is 19.5 Å². The third-order valence-electron chi connectivity index (χ3n) is 4.72. The van der Waals surface area contributed by atoms with E-state index in [4.69, 9.17) is 14.2 Å². The first kappa shape index (κ1) is 15.7. The van der Waals surface area contributed by atoms with E-state index in [0.29, 0.717) is 13.2 Å². The zero-order valence-electron chi connectivity index (χ0n) is 12.9. The minimum Gasteiger partial charge on any atom is -0.460 e. The lowest BCUT2D eigenvalue weighted by Gasteiger charge is -2.30. The van der Waals surface area contributed by atoms with Crippen molar-refractivity contribution in [2.75, 3.05) is 13.2 Å². The summed E-state index contributed by atoms with van der Waals surface area (Å²) in [7, 11) is 0. The highest BCUT2D eigenvalue weighted by molar-refractivity contribution is 5.81. The Hall–Kier alpha value is -1.14. The van der Waals surface area contributed by atoms with Gasteiger partial charge in [-0.2, -0.15) is 0 Å². The molecule has 2 atom stereocenters. The van der Waals surface area contributed by atoms with Crippen LogP contribution in [0.25, 0.3) is 0 Å². The zero-order valence-corrected chi connectivity index (χ0v) is 12.9. The van der Waals surface area contributed by atoms with Crippen LogP contribution in [0.15, 0.2) is 0 Å². The molecular weight excluding hydrogens is 286 g/mol. The Labute approximate surface area is 130 Å². The average Bonchev–Trinajstić information content (AvgIpc) is 3.23. The van der Waals surface area contributed by atoms with E-state index in [1.165, 1.54) is 0 Å². The van der Waals surface area contributed by atoms with Gasteiger partial charge in [-0.25, -0.2) is 4.79 Å². The van der Waals surface area contributed by atoms with Crippen molar-refractivity contribution in [3.8, 4) is 0 Å². The molecule has 6 heteroatoms. The van der Waals surface area contributed by atoms with Gasteiger partial charge in [0, 0.05) is 19.3 Å². The lowest BCUT2D eigenvalue weighted by atomic mass is 9.92. The Bertz CT molecular complexity index is 355. The molecule has 0 bridgehead atoms. The number of ether oxygens (including phenoxy) is 3. The maximum absolute atomic E-state index is 12.0. The first-order chi connectivity index (χ1) is 10.7. The third kappa shape index (κ3) is 3.98. The summed E-state index contributed by atoms with van der Waals surface area (Å²) in [5.41, 5.74) is 0. The van der Waals surface area contributed by atoms with Gasteiger partial charge in [0.1, 0.15) is 12.2 Å². The Morgan fingerprint density at radius 1 is 0.864 bits per heavy atom. The van der Waals surface area contributed by atoms with Gasteiger partial charge in [0.15, 0.2) is 6.10 Å². The van der Waals surface area contributed by atoms with Crippen LogP contribution in [0.3, 0.4) is 0 Å². The molecule has 0 aromatic rings. The smallest absolute Gasteiger partial charge is 0.335 e. The Kier molecular flexibility index (Phi) is 5.31. The summed E-state index contributed by atoms with van der Waals surface area (Å²) in [6, 6.07) is 0.175. The van der Waals surface area contributed by atoms with Gasteiger partial charge in [-0.05, 0) is 51.4 Å². The van der Waals surface area contributed by atoms with Gasteiger partial charge in [-0.3, -0.25) is 4.79 Å². The molecule has 2 aliphatic heterocycles. The summed E-state index contributed by atoms with van der Waals surface area (Å²) in [5, 5.41) is 3.06. The summed E-state index contributed by atoms with van der Waals surface area (Å²) >= 11 is 0. The monoisotopic (exact) mass is 311 g/mol. The van der Waals surface area contributed by atoms with E-state index in [0.717, 1.165) is 51.4 Å². The van der Waals surface area contributed by atoms with E-state index in [1.54, 1.807) is 0 Å². The van der Waals surface area contributed by atoms with Crippen molar-refractivity contribution < 1.29 is 23.8 Å². The van der Waals surface area contributed by atoms with Gasteiger partial charge in [0.2, 0.25) is 5.91 Å². The van der Waals surface area contributed by atoms with Crippen molar-refractivity contribution in [1.29, 1.82) is 0 Å². The van der Waals surface area contributed by atoms with Gasteiger partial charge in [-0.1, -0.05) is 0 Å². The quantitative estimate of drug-likeness (QED) is 0.793. The molecule has 1 aliphatic carbocycles. The number of carbonyl (C=O) groups is 2. The van der Waals surface area contributed by atoms with Crippen LogP contribution in [0.5, 0.6) is 0 Å². The number of nitrogens with one attached hydrogen (secondary N) is 1. The van der Waals surface area contributed by atoms with Gasteiger partial charge >= 0.3 is 5.97 Å². The lowest BCUT2D eigenvalue weighted by molar-refractivity contribution is -0.161. The summed E-state index contributed by atoms with van der Waals surface area (Å²) in [4.78, 5) is 23.9. The minimum absolute atomic E-state index is 0.0114. The Balaban J connectivity index is 1.36. The van der Waals surface area contributed by atoms with Crippen LogP contribution in [0, 0.1) is 0 Å². The molecule has 22 heavy (non-hydrogen) atoms. The summed E-state index contributed by atoms with van der Waals surface area (Å²) in [5.74, 6) is -0.207. The van der Waals surface area contributed by atoms with Crippen molar-refractivity contribution in [3.63, 3.8) is 0 Å². The number of esters is 1. The standard InChI is InChI=1S/C16H25NO5/c18-15(13-3-1-9-20-13)17-11-5-7-12(8-6-11)22-16(19)14-4-2-10-21-14/h11-14H,1-10H2,(H,17,18). The van der Waals surface area contributed by atoms with E-state index < -0.39 is 0 Å². The van der Waals surface area contributed by atoms with Gasteiger partial charge in [0.05, 0.1) is 0 Å². The second-order valence-corrected chi connectivity index (χ2v) is 6.42. The van der Waals surface area contributed by atoms with E-state index in [-0.39, 0.29) is 36.2 Å². The number of hydrogen-bond acceptors (Lipinski definition) is 5. The summed E-state index contributed by atoms with van der Waals surface area (Å²) in [6.45, 7) is 1.34. The largest absolute Gasteiger partial charge is 0.460 e. The molecule has 124 valence electrons. The predicted molar refractivity (Wildman–Crippen MR) is 78.2 cm³/mol. The molecule has 1 N–H and O–H groups in total. The average molecular weight is 311 g/mol. The van der Waals surface area contributed by atoms with Crippen LogP contribution >= 0.6 is 0 Å². The number of carbonyl (C=O) groups excluding carboxylic acids is 2. The third-order valence-corrected chi connectivity index (χ3v) is 4.72. The van der Waals surface area contributed by atoms with Gasteiger partial charge in [-0.15, -0.1) is 0 Å². The second-order valence-electron chi connectivity index (χ2n) is 6.42. The molecule has 1 amide bonds. The van der Waals surface area contributed by atoms with Crippen LogP contribution in [0.2, 0.25) is 0 Å². The van der Waals surface area contributed by atoms with Crippen LogP contribution < -0.4 is 5.32 Å². The van der Waals surface area contributed by atoms with E-state index in [2.05, 4.69) is 5.32 Å². The van der Waals surface area contributed by atoms with Crippen molar-refractivity contribution in [3.05, 3.63) is 0 Å². The van der Waals surface area contributed by atoms with E-state index in [9.17, 15) is 9.59 Å². The highest BCUT2D eigenvalue weighted by atomic mass is 16.6. The molecule has 1 saturated carbocycles. The van der Waals surface area contributed by atoms with Crippen molar-refractivity contribution in [1.82, 2.24) is 5.32 Å². The molecule has 0 spiro atoms. The fraction of sp³-hybridized carbons (Fsp3) is 0.875. The molecule has 3 fully saturated rings. The first-order valence-electron chi connectivity index (χ1n) is 8.46. The van der Waals surface area contributed by atoms with Crippen molar-refractivity contribution in [2.24, 2.45) is 0 Å². The molecular formula is C16H25NO5. The molecule has 2 heterocycles. The second kappa shape index (κ2) is 7.42. The maximum atomic E-state index is 12.0. The van der Waals surface area contributed by atoms with Gasteiger partial charge in [0.25, 0.3) is 0 Å². The summed E-state index contributed by atoms with van der Waals surface area (Å²) in [6.07, 6.45) is 6.12. The molecule has 0 aromatic carbocycles. The predicted octanol–water partition coefficient (Wildman–Crippen LogP) is 1.31. The fourth-order valence-electron chi connectivity index (χ4n) is 3.41. The Morgan fingerprint density at radius 3 is 2.09 bits per heavy atom. The zero-order chi connectivity index (χ0) is 15.4. The van der Waals surface area contributed by atoms with Crippen molar-refractivity contribution in [2.45, 2.75) is 75.7 Å². The van der Waals surface area contributed by atoms with E-state index >= 15 is 0 Å². The normalized spacial score (nSPS) is 35.3. The first-order valence-corrected chi connectivity index (χ1v) is 8.46. The number of rotatable bonds is 4. The minimum atomic E-state index is -0.364. The topological polar surface area (TPSA) is 73.9 Å². The Morgan fingerprint density at radius 2 is 1.50 bits per heavy atom. The molecule has 2 unspecified atom stereocenters. The van der Waals surface area contributed by atoms with Crippen molar-refractivity contribution >= 4 is 11.9 Å². The molecule has 3 aliphatic rings. The molecule has 0 aromatic heterocycles. The number of amides is 1. The lowest BCUT2D eigenvalue weighted by Crippen LogP contribution is -2.44. The van der Waals surface area contributed by atoms with E-state index in [1.807, 2.05) is 0 Å².